The average Bonchev–Trinajstić information content (AvgIpc) is 2.26. The number of rotatable bonds is 5. The van der Waals surface area contributed by atoms with Crippen molar-refractivity contribution in [2.75, 3.05) is 6.61 Å². The maximum absolute atomic E-state index is 9.08. The van der Waals surface area contributed by atoms with E-state index < -0.39 is 0 Å². The van der Waals surface area contributed by atoms with E-state index in [2.05, 4.69) is 26.0 Å². The van der Waals surface area contributed by atoms with E-state index in [0.717, 1.165) is 12.8 Å². The van der Waals surface area contributed by atoms with Crippen LogP contribution < -0.4 is 5.73 Å². The van der Waals surface area contributed by atoms with Crippen molar-refractivity contribution in [3.8, 4) is 0 Å². The molecule has 0 aliphatic heterocycles. The minimum absolute atomic E-state index is 0.137. The highest BCUT2D eigenvalue weighted by Crippen LogP contribution is 2.26. The van der Waals surface area contributed by atoms with Crippen LogP contribution in [0.25, 0.3) is 0 Å². The second-order valence-electron chi connectivity index (χ2n) is 4.05. The molecule has 0 heterocycles. The molecule has 1 aromatic carbocycles. The van der Waals surface area contributed by atoms with Gasteiger partial charge in [-0.1, -0.05) is 31.2 Å². The van der Waals surface area contributed by atoms with E-state index in [1.165, 1.54) is 11.1 Å². The molecule has 2 heteroatoms. The van der Waals surface area contributed by atoms with E-state index in [-0.39, 0.29) is 18.6 Å². The molecule has 2 atom stereocenters. The first kappa shape index (κ1) is 12.2. The fourth-order valence-corrected chi connectivity index (χ4v) is 2.03. The summed E-state index contributed by atoms with van der Waals surface area (Å²) in [5.41, 5.74) is 8.64. The van der Waals surface area contributed by atoms with Crippen LogP contribution in [0, 0.1) is 6.92 Å². The van der Waals surface area contributed by atoms with Crippen molar-refractivity contribution >= 4 is 0 Å². The Kier molecular flexibility index (Phi) is 4.79. The first-order valence-electron chi connectivity index (χ1n) is 5.62. The third-order valence-electron chi connectivity index (χ3n) is 3.02. The van der Waals surface area contributed by atoms with Gasteiger partial charge in [0.1, 0.15) is 0 Å². The predicted molar refractivity (Wildman–Crippen MR) is 63.9 cm³/mol. The van der Waals surface area contributed by atoms with Gasteiger partial charge in [0.15, 0.2) is 0 Å². The highest BCUT2D eigenvalue weighted by molar-refractivity contribution is 5.30. The van der Waals surface area contributed by atoms with Crippen molar-refractivity contribution in [3.05, 3.63) is 35.4 Å². The second-order valence-corrected chi connectivity index (χ2v) is 4.05. The molecule has 0 saturated carbocycles. The molecule has 3 N–H and O–H groups in total. The van der Waals surface area contributed by atoms with Gasteiger partial charge in [0.25, 0.3) is 0 Å². The Hall–Kier alpha value is -0.860. The summed E-state index contributed by atoms with van der Waals surface area (Å²) in [6.07, 6.45) is 1.69. The lowest BCUT2D eigenvalue weighted by molar-refractivity contribution is 0.266. The zero-order valence-electron chi connectivity index (χ0n) is 9.61. The first-order chi connectivity index (χ1) is 7.20. The smallest absolute Gasteiger partial charge is 0.0437 e. The Bertz CT molecular complexity index is 298. The lowest BCUT2D eigenvalue weighted by Crippen LogP contribution is -2.28. The van der Waals surface area contributed by atoms with Gasteiger partial charge in [0.2, 0.25) is 0 Å². The van der Waals surface area contributed by atoms with Crippen LogP contribution in [0.2, 0.25) is 0 Å². The summed E-state index contributed by atoms with van der Waals surface area (Å²) >= 11 is 0. The highest BCUT2D eigenvalue weighted by atomic mass is 16.3. The Morgan fingerprint density at radius 1 is 1.33 bits per heavy atom. The minimum Gasteiger partial charge on any atom is -0.396 e. The molecule has 0 saturated heterocycles. The van der Waals surface area contributed by atoms with Crippen molar-refractivity contribution in [3.63, 3.8) is 0 Å². The molecular weight excluding hydrogens is 186 g/mol. The summed E-state index contributed by atoms with van der Waals surface area (Å²) in [6.45, 7) is 4.39. The summed E-state index contributed by atoms with van der Waals surface area (Å²) in [4.78, 5) is 0. The summed E-state index contributed by atoms with van der Waals surface area (Å²) in [5, 5.41) is 9.08. The van der Waals surface area contributed by atoms with Gasteiger partial charge in [-0.3, -0.25) is 0 Å². The van der Waals surface area contributed by atoms with Crippen molar-refractivity contribution in [1.82, 2.24) is 0 Å². The van der Waals surface area contributed by atoms with Gasteiger partial charge in [-0.2, -0.15) is 0 Å². The van der Waals surface area contributed by atoms with Gasteiger partial charge >= 0.3 is 0 Å². The molecule has 0 aliphatic carbocycles. The van der Waals surface area contributed by atoms with Crippen LogP contribution in [-0.2, 0) is 0 Å². The zero-order chi connectivity index (χ0) is 11.3. The van der Waals surface area contributed by atoms with Gasteiger partial charge < -0.3 is 10.8 Å². The van der Waals surface area contributed by atoms with Gasteiger partial charge in [0, 0.05) is 18.6 Å². The van der Waals surface area contributed by atoms with E-state index in [4.69, 9.17) is 10.8 Å². The van der Waals surface area contributed by atoms with Crippen LogP contribution in [0.3, 0.4) is 0 Å². The van der Waals surface area contributed by atoms with Gasteiger partial charge in [-0.05, 0) is 30.9 Å². The van der Waals surface area contributed by atoms with Crippen LogP contribution in [0.15, 0.2) is 24.3 Å². The molecule has 0 aromatic heterocycles. The summed E-state index contributed by atoms with van der Waals surface area (Å²) in [7, 11) is 0. The number of aliphatic hydroxyl groups excluding tert-OH is 1. The maximum Gasteiger partial charge on any atom is 0.0437 e. The van der Waals surface area contributed by atoms with Gasteiger partial charge in [0.05, 0.1) is 0 Å². The lowest BCUT2D eigenvalue weighted by Gasteiger charge is -2.24. The van der Waals surface area contributed by atoms with Crippen LogP contribution >= 0.6 is 0 Å². The van der Waals surface area contributed by atoms with Crippen LogP contribution in [0.4, 0.5) is 0 Å². The van der Waals surface area contributed by atoms with Crippen molar-refractivity contribution in [1.29, 1.82) is 0 Å². The predicted octanol–water partition coefficient (Wildman–Crippen LogP) is 2.20. The number of aryl methyl sites for hydroxylation is 1. The SMILES string of the molecule is CCC(N)C(CCO)c1ccccc1C. The molecule has 2 unspecified atom stereocenters. The zero-order valence-corrected chi connectivity index (χ0v) is 9.61. The molecule has 0 aliphatic rings. The van der Waals surface area contributed by atoms with Crippen LogP contribution in [-0.4, -0.2) is 17.8 Å². The fourth-order valence-electron chi connectivity index (χ4n) is 2.03. The van der Waals surface area contributed by atoms with E-state index >= 15 is 0 Å². The fraction of sp³-hybridized carbons (Fsp3) is 0.538. The van der Waals surface area contributed by atoms with Crippen molar-refractivity contribution in [2.45, 2.75) is 38.6 Å². The van der Waals surface area contributed by atoms with Crippen molar-refractivity contribution < 1.29 is 5.11 Å². The molecule has 84 valence electrons. The van der Waals surface area contributed by atoms with E-state index in [1.807, 2.05) is 12.1 Å². The number of benzene rings is 1. The third kappa shape index (κ3) is 3.05. The number of hydrogen-bond donors (Lipinski definition) is 2. The minimum atomic E-state index is 0.137. The summed E-state index contributed by atoms with van der Waals surface area (Å²) < 4.78 is 0. The first-order valence-corrected chi connectivity index (χ1v) is 5.62. The molecular formula is C13H21NO. The third-order valence-corrected chi connectivity index (χ3v) is 3.02. The van der Waals surface area contributed by atoms with E-state index in [0.29, 0.717) is 0 Å². The molecule has 1 aromatic rings. The topological polar surface area (TPSA) is 46.2 Å². The molecule has 15 heavy (non-hydrogen) atoms. The standard InChI is InChI=1S/C13H21NO/c1-3-13(14)12(8-9-15)11-7-5-4-6-10(11)2/h4-7,12-13,15H,3,8-9,14H2,1-2H3. The number of hydrogen-bond acceptors (Lipinski definition) is 2. The Morgan fingerprint density at radius 3 is 2.53 bits per heavy atom. The Morgan fingerprint density at radius 2 is 2.00 bits per heavy atom. The van der Waals surface area contributed by atoms with Crippen LogP contribution in [0.1, 0.15) is 36.8 Å². The monoisotopic (exact) mass is 207 g/mol. The van der Waals surface area contributed by atoms with Crippen LogP contribution in [0.5, 0.6) is 0 Å². The lowest BCUT2D eigenvalue weighted by atomic mass is 9.85. The average molecular weight is 207 g/mol. The van der Waals surface area contributed by atoms with E-state index in [9.17, 15) is 0 Å². The Balaban J connectivity index is 2.93. The highest BCUT2D eigenvalue weighted by Gasteiger charge is 2.19. The molecule has 2 nitrogen and oxygen atoms in total. The summed E-state index contributed by atoms with van der Waals surface area (Å²) in [5.74, 6) is 0.279. The van der Waals surface area contributed by atoms with Gasteiger partial charge in [-0.15, -0.1) is 0 Å². The molecule has 0 amide bonds. The number of aliphatic hydroxyl groups is 1. The molecule has 0 bridgehead atoms. The number of nitrogens with two attached hydrogens (primary N) is 1. The molecule has 1 rings (SSSR count). The molecule has 0 fully saturated rings. The van der Waals surface area contributed by atoms with Gasteiger partial charge in [-0.25, -0.2) is 0 Å². The summed E-state index contributed by atoms with van der Waals surface area (Å²) in [6, 6.07) is 8.42. The molecule has 0 spiro atoms. The van der Waals surface area contributed by atoms with E-state index in [1.54, 1.807) is 0 Å². The van der Waals surface area contributed by atoms with Crippen molar-refractivity contribution in [2.24, 2.45) is 5.73 Å². The maximum atomic E-state index is 9.08. The quantitative estimate of drug-likeness (QED) is 0.777. The largest absolute Gasteiger partial charge is 0.396 e. The second kappa shape index (κ2) is 5.89. The normalized spacial score (nSPS) is 14.9. The Labute approximate surface area is 92.1 Å². The molecule has 0 radical (unpaired) electrons.